The van der Waals surface area contributed by atoms with Crippen molar-refractivity contribution in [3.05, 3.63) is 71.5 Å². The third kappa shape index (κ3) is 5.28. The number of halogens is 1. The third-order valence-electron chi connectivity index (χ3n) is 4.58. The molecule has 2 aromatic carbocycles. The fourth-order valence-electron chi connectivity index (χ4n) is 2.78. The van der Waals surface area contributed by atoms with Crippen LogP contribution < -0.4 is 10.6 Å². The second kappa shape index (κ2) is 9.14. The van der Waals surface area contributed by atoms with E-state index in [4.69, 9.17) is 4.42 Å². The van der Waals surface area contributed by atoms with Crippen LogP contribution >= 0.6 is 0 Å². The molecule has 0 fully saturated rings. The average molecular weight is 395 g/mol. The van der Waals surface area contributed by atoms with Crippen molar-refractivity contribution in [3.8, 4) is 11.3 Å². The fourth-order valence-corrected chi connectivity index (χ4v) is 2.78. The highest BCUT2D eigenvalue weighted by Gasteiger charge is 2.13. The lowest BCUT2D eigenvalue weighted by molar-refractivity contribution is -0.124. The minimum atomic E-state index is -0.400. The van der Waals surface area contributed by atoms with Crippen molar-refractivity contribution in [2.75, 3.05) is 11.9 Å². The Morgan fingerprint density at radius 2 is 1.86 bits per heavy atom. The molecule has 29 heavy (non-hydrogen) atoms. The molecule has 0 saturated carbocycles. The number of carbonyl (C=O) groups excluding carboxylic acids is 2. The first-order valence-corrected chi connectivity index (χ1v) is 9.26. The van der Waals surface area contributed by atoms with Gasteiger partial charge in [-0.2, -0.15) is 0 Å². The van der Waals surface area contributed by atoms with Crippen LogP contribution in [0.3, 0.4) is 0 Å². The summed E-state index contributed by atoms with van der Waals surface area (Å²) >= 11 is 0. The van der Waals surface area contributed by atoms with Gasteiger partial charge in [-0.15, -0.1) is 0 Å². The Morgan fingerprint density at radius 3 is 2.66 bits per heavy atom. The average Bonchev–Trinajstić information content (AvgIpc) is 3.17. The van der Waals surface area contributed by atoms with Gasteiger partial charge < -0.3 is 15.1 Å². The topological polar surface area (TPSA) is 84.2 Å². The summed E-state index contributed by atoms with van der Waals surface area (Å²) in [5.74, 6) is -0.357. The van der Waals surface area contributed by atoms with Crippen molar-refractivity contribution in [2.45, 2.75) is 26.7 Å². The molecule has 0 aliphatic carbocycles. The molecule has 1 heterocycles. The van der Waals surface area contributed by atoms with Crippen LogP contribution in [0.4, 0.5) is 10.1 Å². The predicted molar refractivity (Wildman–Crippen MR) is 108 cm³/mol. The number of aromatic nitrogens is 1. The van der Waals surface area contributed by atoms with Gasteiger partial charge in [0.1, 0.15) is 5.82 Å². The number of aryl methyl sites for hydroxylation is 2. The SMILES string of the molecule is Cc1cccc(NC(=O)CNC(=O)CCc2ncc(-c3ccccc3F)o2)c1C. The monoisotopic (exact) mass is 395 g/mol. The normalized spacial score (nSPS) is 10.6. The maximum Gasteiger partial charge on any atom is 0.243 e. The van der Waals surface area contributed by atoms with Crippen LogP contribution in [-0.2, 0) is 16.0 Å². The van der Waals surface area contributed by atoms with Crippen molar-refractivity contribution in [3.63, 3.8) is 0 Å². The molecule has 3 aromatic rings. The molecule has 7 heteroatoms. The van der Waals surface area contributed by atoms with E-state index in [1.807, 2.05) is 32.0 Å². The van der Waals surface area contributed by atoms with Gasteiger partial charge in [-0.3, -0.25) is 9.59 Å². The van der Waals surface area contributed by atoms with Gasteiger partial charge in [-0.25, -0.2) is 9.37 Å². The van der Waals surface area contributed by atoms with Crippen LogP contribution in [0.5, 0.6) is 0 Å². The van der Waals surface area contributed by atoms with Crippen LogP contribution in [0.25, 0.3) is 11.3 Å². The van der Waals surface area contributed by atoms with Gasteiger partial charge in [0.15, 0.2) is 11.7 Å². The van der Waals surface area contributed by atoms with E-state index in [-0.39, 0.29) is 31.2 Å². The highest BCUT2D eigenvalue weighted by atomic mass is 19.1. The molecule has 1 aromatic heterocycles. The van der Waals surface area contributed by atoms with E-state index in [1.165, 1.54) is 12.3 Å². The quantitative estimate of drug-likeness (QED) is 0.638. The lowest BCUT2D eigenvalue weighted by atomic mass is 10.1. The second-order valence-corrected chi connectivity index (χ2v) is 6.67. The Bertz CT molecular complexity index is 1030. The van der Waals surface area contributed by atoms with Crippen LogP contribution in [0.15, 0.2) is 53.1 Å². The Balaban J connectivity index is 1.46. The first-order valence-electron chi connectivity index (χ1n) is 9.26. The van der Waals surface area contributed by atoms with Crippen molar-refractivity contribution in [1.82, 2.24) is 10.3 Å². The number of hydrogen-bond acceptors (Lipinski definition) is 4. The number of nitrogens with one attached hydrogen (secondary N) is 2. The minimum absolute atomic E-state index is 0.105. The number of anilines is 1. The molecule has 3 rings (SSSR count). The van der Waals surface area contributed by atoms with Crippen molar-refractivity contribution in [2.24, 2.45) is 0 Å². The molecule has 6 nitrogen and oxygen atoms in total. The van der Waals surface area contributed by atoms with Crippen molar-refractivity contribution < 1.29 is 18.4 Å². The second-order valence-electron chi connectivity index (χ2n) is 6.67. The van der Waals surface area contributed by atoms with Crippen molar-refractivity contribution in [1.29, 1.82) is 0 Å². The minimum Gasteiger partial charge on any atom is -0.441 e. The van der Waals surface area contributed by atoms with E-state index in [9.17, 15) is 14.0 Å². The van der Waals surface area contributed by atoms with E-state index in [0.717, 1.165) is 16.8 Å². The molecule has 0 unspecified atom stereocenters. The molecule has 0 aliphatic rings. The Morgan fingerprint density at radius 1 is 1.07 bits per heavy atom. The molecule has 0 radical (unpaired) electrons. The molecule has 0 atom stereocenters. The first-order chi connectivity index (χ1) is 13.9. The summed E-state index contributed by atoms with van der Waals surface area (Å²) in [5, 5.41) is 5.36. The number of rotatable bonds is 7. The van der Waals surface area contributed by atoms with Gasteiger partial charge in [0.25, 0.3) is 0 Å². The highest BCUT2D eigenvalue weighted by Crippen LogP contribution is 2.23. The zero-order valence-corrected chi connectivity index (χ0v) is 16.3. The predicted octanol–water partition coefficient (Wildman–Crippen LogP) is 3.79. The molecule has 0 spiro atoms. The Kier molecular flexibility index (Phi) is 6.39. The van der Waals surface area contributed by atoms with Gasteiger partial charge in [0.2, 0.25) is 11.8 Å². The maximum absolute atomic E-state index is 13.8. The molecule has 0 bridgehead atoms. The summed E-state index contributed by atoms with van der Waals surface area (Å²) in [4.78, 5) is 28.1. The Hall–Kier alpha value is -3.48. The number of nitrogens with zero attached hydrogens (tertiary/aromatic N) is 1. The molecule has 150 valence electrons. The van der Waals surface area contributed by atoms with E-state index in [1.54, 1.807) is 18.2 Å². The highest BCUT2D eigenvalue weighted by molar-refractivity contribution is 5.95. The molecule has 2 amide bonds. The largest absolute Gasteiger partial charge is 0.441 e. The third-order valence-corrected chi connectivity index (χ3v) is 4.58. The summed E-state index contributed by atoms with van der Waals surface area (Å²) in [6.07, 6.45) is 1.79. The standard InChI is InChI=1S/C22H22FN3O3/c1-14-6-5-9-18(15(14)2)26-21(28)13-24-20(27)10-11-22-25-12-19(29-22)16-7-3-4-8-17(16)23/h3-9,12H,10-11,13H2,1-2H3,(H,24,27)(H,26,28). The van der Waals surface area contributed by atoms with E-state index < -0.39 is 5.82 Å². The number of carbonyl (C=O) groups is 2. The summed E-state index contributed by atoms with van der Waals surface area (Å²) in [7, 11) is 0. The fraction of sp³-hybridized carbons (Fsp3) is 0.227. The van der Waals surface area contributed by atoms with Crippen LogP contribution in [0.1, 0.15) is 23.4 Å². The van der Waals surface area contributed by atoms with Gasteiger partial charge >= 0.3 is 0 Å². The van der Waals surface area contributed by atoms with Gasteiger partial charge in [0, 0.05) is 18.5 Å². The van der Waals surface area contributed by atoms with Crippen LogP contribution in [0, 0.1) is 19.7 Å². The van der Waals surface area contributed by atoms with Gasteiger partial charge in [0.05, 0.1) is 18.3 Å². The molecule has 0 saturated heterocycles. The number of oxazole rings is 1. The lowest BCUT2D eigenvalue weighted by Gasteiger charge is -2.10. The summed E-state index contributed by atoms with van der Waals surface area (Å²) < 4.78 is 19.3. The van der Waals surface area contributed by atoms with E-state index in [0.29, 0.717) is 17.2 Å². The van der Waals surface area contributed by atoms with Crippen LogP contribution in [-0.4, -0.2) is 23.3 Å². The smallest absolute Gasteiger partial charge is 0.243 e. The van der Waals surface area contributed by atoms with Crippen LogP contribution in [0.2, 0.25) is 0 Å². The van der Waals surface area contributed by atoms with E-state index >= 15 is 0 Å². The lowest BCUT2D eigenvalue weighted by Crippen LogP contribution is -2.33. The zero-order valence-electron chi connectivity index (χ0n) is 16.3. The molecular weight excluding hydrogens is 373 g/mol. The number of amides is 2. The first kappa shape index (κ1) is 20.3. The zero-order chi connectivity index (χ0) is 20.8. The van der Waals surface area contributed by atoms with Gasteiger partial charge in [-0.05, 0) is 43.2 Å². The van der Waals surface area contributed by atoms with Gasteiger partial charge in [-0.1, -0.05) is 24.3 Å². The number of benzene rings is 2. The summed E-state index contributed by atoms with van der Waals surface area (Å²) in [6, 6.07) is 11.9. The molecule has 2 N–H and O–H groups in total. The van der Waals surface area contributed by atoms with Crippen molar-refractivity contribution >= 4 is 17.5 Å². The Labute approximate surface area is 168 Å². The maximum atomic E-state index is 13.8. The number of hydrogen-bond donors (Lipinski definition) is 2. The molecular formula is C22H22FN3O3. The summed E-state index contributed by atoms with van der Waals surface area (Å²) in [5.41, 5.74) is 3.11. The molecule has 0 aliphatic heterocycles. The van der Waals surface area contributed by atoms with E-state index in [2.05, 4.69) is 15.6 Å². The summed E-state index contributed by atoms with van der Waals surface area (Å²) in [6.45, 7) is 3.76.